The van der Waals surface area contributed by atoms with Crippen molar-refractivity contribution < 1.29 is 14.6 Å². The average Bonchev–Trinajstić information content (AvgIpc) is 2.33. The van der Waals surface area contributed by atoms with Crippen molar-refractivity contribution in [1.82, 2.24) is 0 Å². The van der Waals surface area contributed by atoms with Gasteiger partial charge in [0.1, 0.15) is 5.60 Å². The number of carbonyl (C=O) groups is 1. The first-order chi connectivity index (χ1) is 10.9. The Kier molecular flexibility index (Phi) is 5.45. The smallest absolute Gasteiger partial charge is 0.312 e. The monoisotopic (exact) mass is 338 g/mol. The molecule has 2 aliphatic carbocycles. The van der Waals surface area contributed by atoms with Gasteiger partial charge in [-0.15, -0.1) is 0 Å². The van der Waals surface area contributed by atoms with E-state index in [2.05, 4.69) is 48.5 Å². The fourth-order valence-electron chi connectivity index (χ4n) is 5.28. The van der Waals surface area contributed by atoms with Gasteiger partial charge in [0.05, 0.1) is 11.5 Å². The van der Waals surface area contributed by atoms with E-state index >= 15 is 0 Å². The molecule has 2 saturated carbocycles. The summed E-state index contributed by atoms with van der Waals surface area (Å²) in [5.41, 5.74) is -0.846. The van der Waals surface area contributed by atoms with E-state index < -0.39 is 11.0 Å². The second kappa shape index (κ2) is 6.63. The highest BCUT2D eigenvalue weighted by molar-refractivity contribution is 5.77. The zero-order valence-corrected chi connectivity index (χ0v) is 16.8. The van der Waals surface area contributed by atoms with Crippen LogP contribution in [0.3, 0.4) is 0 Å². The minimum atomic E-state index is -0.481. The fourth-order valence-corrected chi connectivity index (χ4v) is 5.28. The van der Waals surface area contributed by atoms with E-state index in [0.29, 0.717) is 18.3 Å². The topological polar surface area (TPSA) is 46.5 Å². The Morgan fingerprint density at radius 1 is 1.17 bits per heavy atom. The molecule has 0 aromatic carbocycles. The number of esters is 1. The number of hydrogen-bond donors (Lipinski definition) is 1. The summed E-state index contributed by atoms with van der Waals surface area (Å²) >= 11 is 0. The van der Waals surface area contributed by atoms with Crippen LogP contribution in [0.5, 0.6) is 0 Å². The van der Waals surface area contributed by atoms with E-state index in [1.807, 2.05) is 0 Å². The van der Waals surface area contributed by atoms with E-state index in [9.17, 15) is 9.90 Å². The molecule has 2 aliphatic rings. The molecule has 5 atom stereocenters. The van der Waals surface area contributed by atoms with Crippen molar-refractivity contribution in [2.75, 3.05) is 0 Å². The van der Waals surface area contributed by atoms with Crippen molar-refractivity contribution in [1.29, 1.82) is 0 Å². The molecule has 2 rings (SSSR count). The maximum atomic E-state index is 13.3. The lowest BCUT2D eigenvalue weighted by Crippen LogP contribution is -2.52. The lowest BCUT2D eigenvalue weighted by atomic mass is 9.64. The molecule has 0 aliphatic heterocycles. The molecule has 140 valence electrons. The zero-order chi connectivity index (χ0) is 18.3. The predicted octanol–water partition coefficient (Wildman–Crippen LogP) is 4.96. The largest absolute Gasteiger partial charge is 0.459 e. The molecule has 0 amide bonds. The van der Waals surface area contributed by atoms with Crippen molar-refractivity contribution in [2.45, 2.75) is 98.7 Å². The lowest BCUT2D eigenvalue weighted by Gasteiger charge is -2.50. The third-order valence-corrected chi connectivity index (χ3v) is 6.28. The molecule has 5 unspecified atom stereocenters. The molecule has 3 nitrogen and oxygen atoms in total. The lowest BCUT2D eigenvalue weighted by molar-refractivity contribution is -0.194. The van der Waals surface area contributed by atoms with Crippen LogP contribution in [0.25, 0.3) is 0 Å². The minimum absolute atomic E-state index is 0.0608. The first-order valence-corrected chi connectivity index (χ1v) is 9.77. The van der Waals surface area contributed by atoms with E-state index in [0.717, 1.165) is 32.1 Å². The molecule has 3 heteroatoms. The van der Waals surface area contributed by atoms with Crippen LogP contribution >= 0.6 is 0 Å². The van der Waals surface area contributed by atoms with Gasteiger partial charge < -0.3 is 9.84 Å². The molecule has 0 heterocycles. The van der Waals surface area contributed by atoms with E-state index in [-0.39, 0.29) is 23.4 Å². The average molecular weight is 339 g/mol. The Bertz CT molecular complexity index is 443. The van der Waals surface area contributed by atoms with Crippen LogP contribution in [0.1, 0.15) is 87.0 Å². The third kappa shape index (κ3) is 4.33. The highest BCUT2D eigenvalue weighted by atomic mass is 16.6. The molecule has 1 N–H and O–H groups in total. The van der Waals surface area contributed by atoms with E-state index in [1.165, 1.54) is 0 Å². The second-order valence-corrected chi connectivity index (χ2v) is 10.6. The first-order valence-electron chi connectivity index (χ1n) is 9.77. The van der Waals surface area contributed by atoms with Crippen LogP contribution in [0.2, 0.25) is 0 Å². The number of aliphatic hydroxyl groups excluding tert-OH is 1. The number of hydrogen-bond acceptors (Lipinski definition) is 3. The Labute approximate surface area is 148 Å². The Hall–Kier alpha value is -0.570. The minimum Gasteiger partial charge on any atom is -0.459 e. The molecular formula is C21H38O3. The highest BCUT2D eigenvalue weighted by Crippen LogP contribution is 2.49. The van der Waals surface area contributed by atoms with Crippen molar-refractivity contribution in [3.05, 3.63) is 0 Å². The molecule has 0 radical (unpaired) electrons. The van der Waals surface area contributed by atoms with Crippen molar-refractivity contribution in [2.24, 2.45) is 28.6 Å². The van der Waals surface area contributed by atoms with Crippen LogP contribution in [-0.2, 0) is 9.53 Å². The quantitative estimate of drug-likeness (QED) is 0.737. The van der Waals surface area contributed by atoms with Crippen molar-refractivity contribution >= 4 is 5.97 Å². The summed E-state index contributed by atoms with van der Waals surface area (Å²) in [6.07, 6.45) is 4.96. The van der Waals surface area contributed by atoms with Gasteiger partial charge in [0, 0.05) is 6.42 Å². The molecular weight excluding hydrogens is 300 g/mol. The summed E-state index contributed by atoms with van der Waals surface area (Å²) in [7, 11) is 0. The fraction of sp³-hybridized carbons (Fsp3) is 0.952. The summed E-state index contributed by atoms with van der Waals surface area (Å²) in [5.74, 6) is 1.23. The van der Waals surface area contributed by atoms with E-state index in [4.69, 9.17) is 4.74 Å². The van der Waals surface area contributed by atoms with Gasteiger partial charge >= 0.3 is 5.97 Å². The van der Waals surface area contributed by atoms with Gasteiger partial charge in [-0.05, 0) is 62.2 Å². The number of ether oxygens (including phenoxy) is 1. The van der Waals surface area contributed by atoms with Crippen LogP contribution in [-0.4, -0.2) is 22.8 Å². The summed E-state index contributed by atoms with van der Waals surface area (Å²) in [5, 5.41) is 10.3. The van der Waals surface area contributed by atoms with Crippen LogP contribution in [0, 0.1) is 28.6 Å². The molecule has 0 aromatic heterocycles. The maximum absolute atomic E-state index is 13.3. The van der Waals surface area contributed by atoms with Gasteiger partial charge in [0.25, 0.3) is 0 Å². The summed E-state index contributed by atoms with van der Waals surface area (Å²) in [6, 6.07) is 0. The van der Waals surface area contributed by atoms with Crippen LogP contribution in [0.15, 0.2) is 0 Å². The predicted molar refractivity (Wildman–Crippen MR) is 97.6 cm³/mol. The molecule has 2 fully saturated rings. The zero-order valence-electron chi connectivity index (χ0n) is 16.8. The van der Waals surface area contributed by atoms with Crippen LogP contribution in [0.4, 0.5) is 0 Å². The second-order valence-electron chi connectivity index (χ2n) is 10.6. The number of carbonyl (C=O) groups excluding carboxylic acids is 1. The molecule has 0 spiro atoms. The standard InChI is InChI=1S/C21H38O3/c1-14(2)20(7,13-19(4,5)6)18(23)24-21-10-15(3)8-16(11-21)9-17(22)12-21/h14-17,22H,8-13H2,1-7H3. The normalized spacial score (nSPS) is 36.3. The van der Waals surface area contributed by atoms with Gasteiger partial charge in [-0.3, -0.25) is 4.79 Å². The van der Waals surface area contributed by atoms with Crippen molar-refractivity contribution in [3.63, 3.8) is 0 Å². The van der Waals surface area contributed by atoms with Gasteiger partial charge in [0.15, 0.2) is 0 Å². The van der Waals surface area contributed by atoms with Crippen molar-refractivity contribution in [3.8, 4) is 0 Å². The maximum Gasteiger partial charge on any atom is 0.312 e. The number of rotatable bonds is 4. The van der Waals surface area contributed by atoms with Gasteiger partial charge in [-0.1, -0.05) is 41.5 Å². The Morgan fingerprint density at radius 3 is 2.33 bits per heavy atom. The van der Waals surface area contributed by atoms with Gasteiger partial charge in [-0.25, -0.2) is 0 Å². The first kappa shape index (κ1) is 19.8. The number of fused-ring (bicyclic) bond motifs is 2. The highest BCUT2D eigenvalue weighted by Gasteiger charge is 2.51. The molecule has 24 heavy (non-hydrogen) atoms. The number of aliphatic hydroxyl groups is 1. The summed E-state index contributed by atoms with van der Waals surface area (Å²) in [6.45, 7) is 15.1. The Balaban J connectivity index is 2.21. The molecule has 0 aromatic rings. The summed E-state index contributed by atoms with van der Waals surface area (Å²) < 4.78 is 6.26. The van der Waals surface area contributed by atoms with E-state index in [1.54, 1.807) is 0 Å². The molecule has 0 saturated heterocycles. The summed E-state index contributed by atoms with van der Waals surface area (Å²) in [4.78, 5) is 13.3. The van der Waals surface area contributed by atoms with Gasteiger partial charge in [0.2, 0.25) is 0 Å². The SMILES string of the molecule is CC1CC2CC(O)CC(OC(=O)C(C)(CC(C)(C)C)C(C)C)(C1)C2. The Morgan fingerprint density at radius 2 is 1.79 bits per heavy atom. The third-order valence-electron chi connectivity index (χ3n) is 6.28. The van der Waals surface area contributed by atoms with Crippen LogP contribution < -0.4 is 0 Å². The molecule has 2 bridgehead atoms. The van der Waals surface area contributed by atoms with Gasteiger partial charge in [-0.2, -0.15) is 0 Å².